The van der Waals surface area contributed by atoms with Crippen molar-refractivity contribution in [2.75, 3.05) is 5.32 Å². The molecule has 0 aliphatic rings. The maximum Gasteiger partial charge on any atom is 0.141 e. The zero-order valence-electron chi connectivity index (χ0n) is 11.2. The third kappa shape index (κ3) is 2.07. The summed E-state index contributed by atoms with van der Waals surface area (Å²) in [6.07, 6.45) is 6.73. The Morgan fingerprint density at radius 1 is 1.21 bits per heavy atom. The molecule has 98 valence electrons. The monoisotopic (exact) mass is 255 g/mol. The summed E-state index contributed by atoms with van der Waals surface area (Å²) in [5.74, 6) is 1.01. The largest absolute Gasteiger partial charge is 0.340 e. The molecule has 3 heterocycles. The highest BCUT2D eigenvalue weighted by atomic mass is 15.3. The van der Waals surface area contributed by atoms with Gasteiger partial charge in [-0.2, -0.15) is 5.10 Å². The maximum absolute atomic E-state index is 4.39. The summed E-state index contributed by atoms with van der Waals surface area (Å²) >= 11 is 0. The van der Waals surface area contributed by atoms with Crippen molar-refractivity contribution in [2.24, 2.45) is 7.05 Å². The molecule has 0 unspecified atom stereocenters. The van der Waals surface area contributed by atoms with E-state index in [4.69, 9.17) is 0 Å². The molecule has 5 nitrogen and oxygen atoms in total. The van der Waals surface area contributed by atoms with E-state index in [1.807, 2.05) is 47.0 Å². The van der Waals surface area contributed by atoms with E-state index in [0.717, 1.165) is 35.5 Å². The molecule has 0 aliphatic heterocycles. The van der Waals surface area contributed by atoms with Gasteiger partial charge in [0.05, 0.1) is 11.9 Å². The van der Waals surface area contributed by atoms with Crippen LogP contribution in [0.3, 0.4) is 0 Å². The minimum Gasteiger partial charge on any atom is -0.340 e. The lowest BCUT2D eigenvalue weighted by molar-refractivity contribution is 0.610. The molecule has 19 heavy (non-hydrogen) atoms. The van der Waals surface area contributed by atoms with Crippen LogP contribution in [0, 0.1) is 0 Å². The Labute approximate surface area is 111 Å². The van der Waals surface area contributed by atoms with Crippen LogP contribution in [0.25, 0.3) is 11.0 Å². The molecule has 0 bridgehead atoms. The number of anilines is 2. The summed E-state index contributed by atoms with van der Waals surface area (Å²) in [4.78, 5) is 4.39. The standard InChI is InChI=1S/C14H17N5/c1-3-9-19-13(5-8-16-19)17-12-4-7-15-14-11(12)6-10-18(14)2/h4-8,10H,3,9H2,1-2H3,(H,15,17). The quantitative estimate of drug-likeness (QED) is 0.779. The molecule has 0 saturated carbocycles. The third-order valence-electron chi connectivity index (χ3n) is 3.18. The molecule has 5 heteroatoms. The predicted octanol–water partition coefficient (Wildman–Crippen LogP) is 2.92. The van der Waals surface area contributed by atoms with E-state index in [-0.39, 0.29) is 0 Å². The van der Waals surface area contributed by atoms with Crippen molar-refractivity contribution in [3.05, 3.63) is 36.8 Å². The van der Waals surface area contributed by atoms with Crippen LogP contribution in [-0.4, -0.2) is 19.3 Å². The second-order valence-corrected chi connectivity index (χ2v) is 4.59. The van der Waals surface area contributed by atoms with Crippen molar-refractivity contribution in [3.8, 4) is 0 Å². The Hall–Kier alpha value is -2.30. The number of rotatable bonds is 4. The first kappa shape index (κ1) is 11.8. The Balaban J connectivity index is 1.99. The van der Waals surface area contributed by atoms with E-state index >= 15 is 0 Å². The molecule has 0 atom stereocenters. The van der Waals surface area contributed by atoms with E-state index in [1.54, 1.807) is 0 Å². The first-order valence-corrected chi connectivity index (χ1v) is 6.48. The van der Waals surface area contributed by atoms with Crippen molar-refractivity contribution >= 4 is 22.5 Å². The van der Waals surface area contributed by atoms with Gasteiger partial charge in [0, 0.05) is 37.4 Å². The molecule has 0 radical (unpaired) electrons. The molecule has 0 aromatic carbocycles. The highest BCUT2D eigenvalue weighted by molar-refractivity contribution is 5.91. The molecule has 0 saturated heterocycles. The fourth-order valence-corrected chi connectivity index (χ4v) is 2.24. The second-order valence-electron chi connectivity index (χ2n) is 4.59. The number of nitrogens with one attached hydrogen (secondary N) is 1. The number of pyridine rings is 1. The topological polar surface area (TPSA) is 47.7 Å². The maximum atomic E-state index is 4.39. The van der Waals surface area contributed by atoms with E-state index in [2.05, 4.69) is 28.4 Å². The van der Waals surface area contributed by atoms with Crippen molar-refractivity contribution in [1.82, 2.24) is 19.3 Å². The Bertz CT molecular complexity index is 695. The SMILES string of the molecule is CCCn1nccc1Nc1ccnc2c1ccn2C. The normalized spacial score (nSPS) is 11.1. The van der Waals surface area contributed by atoms with Gasteiger partial charge < -0.3 is 9.88 Å². The minimum atomic E-state index is 0.915. The van der Waals surface area contributed by atoms with E-state index in [1.165, 1.54) is 0 Å². The van der Waals surface area contributed by atoms with E-state index in [9.17, 15) is 0 Å². The first-order valence-electron chi connectivity index (χ1n) is 6.48. The molecule has 3 rings (SSSR count). The molecule has 3 aromatic rings. The minimum absolute atomic E-state index is 0.915. The second kappa shape index (κ2) is 4.76. The van der Waals surface area contributed by atoms with Gasteiger partial charge in [-0.1, -0.05) is 6.92 Å². The van der Waals surface area contributed by atoms with Crippen LogP contribution < -0.4 is 5.32 Å². The molecule has 0 aliphatic carbocycles. The number of hydrogen-bond donors (Lipinski definition) is 1. The smallest absolute Gasteiger partial charge is 0.141 e. The highest BCUT2D eigenvalue weighted by Gasteiger charge is 2.07. The Morgan fingerprint density at radius 3 is 2.95 bits per heavy atom. The number of aryl methyl sites for hydroxylation is 2. The van der Waals surface area contributed by atoms with Gasteiger partial charge in [0.25, 0.3) is 0 Å². The average molecular weight is 255 g/mol. The number of aromatic nitrogens is 4. The van der Waals surface area contributed by atoms with Gasteiger partial charge in [0.1, 0.15) is 11.5 Å². The Morgan fingerprint density at radius 2 is 2.11 bits per heavy atom. The van der Waals surface area contributed by atoms with Crippen molar-refractivity contribution in [2.45, 2.75) is 19.9 Å². The van der Waals surface area contributed by atoms with Gasteiger partial charge in [0.15, 0.2) is 0 Å². The van der Waals surface area contributed by atoms with Gasteiger partial charge in [-0.3, -0.25) is 0 Å². The van der Waals surface area contributed by atoms with Gasteiger partial charge in [0.2, 0.25) is 0 Å². The van der Waals surface area contributed by atoms with Crippen molar-refractivity contribution < 1.29 is 0 Å². The third-order valence-corrected chi connectivity index (χ3v) is 3.18. The van der Waals surface area contributed by atoms with Gasteiger partial charge in [-0.25, -0.2) is 9.67 Å². The summed E-state index contributed by atoms with van der Waals surface area (Å²) in [5, 5.41) is 8.88. The van der Waals surface area contributed by atoms with Crippen LogP contribution in [0.15, 0.2) is 36.8 Å². The Kier molecular flexibility index (Phi) is 2.95. The summed E-state index contributed by atoms with van der Waals surface area (Å²) in [5.41, 5.74) is 2.04. The molecule has 3 aromatic heterocycles. The van der Waals surface area contributed by atoms with Gasteiger partial charge in [-0.05, 0) is 18.6 Å². The van der Waals surface area contributed by atoms with Gasteiger partial charge in [-0.15, -0.1) is 0 Å². The van der Waals surface area contributed by atoms with Crippen molar-refractivity contribution in [3.63, 3.8) is 0 Å². The fraction of sp³-hybridized carbons (Fsp3) is 0.286. The first-order chi connectivity index (χ1) is 9.29. The van der Waals surface area contributed by atoms with Crippen molar-refractivity contribution in [1.29, 1.82) is 0 Å². The summed E-state index contributed by atoms with van der Waals surface area (Å²) in [6.45, 7) is 3.06. The average Bonchev–Trinajstić information content (AvgIpc) is 2.99. The molecule has 0 spiro atoms. The number of hydrogen-bond acceptors (Lipinski definition) is 3. The van der Waals surface area contributed by atoms with Crippen LogP contribution in [-0.2, 0) is 13.6 Å². The van der Waals surface area contributed by atoms with Crippen LogP contribution in [0.2, 0.25) is 0 Å². The van der Waals surface area contributed by atoms with Crippen LogP contribution in [0.1, 0.15) is 13.3 Å². The molecule has 0 amide bonds. The molecule has 1 N–H and O–H groups in total. The summed E-state index contributed by atoms with van der Waals surface area (Å²) in [6, 6.07) is 6.06. The highest BCUT2D eigenvalue weighted by Crippen LogP contribution is 2.25. The van der Waals surface area contributed by atoms with Crippen LogP contribution in [0.5, 0.6) is 0 Å². The predicted molar refractivity (Wildman–Crippen MR) is 76.5 cm³/mol. The molecular formula is C14H17N5. The summed E-state index contributed by atoms with van der Waals surface area (Å²) in [7, 11) is 2.00. The summed E-state index contributed by atoms with van der Waals surface area (Å²) < 4.78 is 4.00. The zero-order chi connectivity index (χ0) is 13.2. The number of fused-ring (bicyclic) bond motifs is 1. The fourth-order valence-electron chi connectivity index (χ4n) is 2.24. The molecule has 0 fully saturated rings. The lowest BCUT2D eigenvalue weighted by atomic mass is 10.3. The number of nitrogens with zero attached hydrogens (tertiary/aromatic N) is 4. The van der Waals surface area contributed by atoms with Crippen LogP contribution >= 0.6 is 0 Å². The lowest BCUT2D eigenvalue weighted by Gasteiger charge is -2.10. The molecular weight excluding hydrogens is 238 g/mol. The van der Waals surface area contributed by atoms with Crippen LogP contribution in [0.4, 0.5) is 11.5 Å². The van der Waals surface area contributed by atoms with E-state index in [0.29, 0.717) is 0 Å². The lowest BCUT2D eigenvalue weighted by Crippen LogP contribution is -2.04. The zero-order valence-corrected chi connectivity index (χ0v) is 11.2. The van der Waals surface area contributed by atoms with E-state index < -0.39 is 0 Å². The van der Waals surface area contributed by atoms with Gasteiger partial charge >= 0.3 is 0 Å².